The molecule has 1 aromatic heterocycles. The molecule has 2 aromatic rings. The van der Waals surface area contributed by atoms with Gasteiger partial charge in [0.2, 0.25) is 5.91 Å². The molecule has 9 nitrogen and oxygen atoms in total. The van der Waals surface area contributed by atoms with E-state index in [0.717, 1.165) is 21.7 Å². The monoisotopic (exact) mass is 483 g/mol. The van der Waals surface area contributed by atoms with Crippen LogP contribution in [0.1, 0.15) is 55.3 Å². The Morgan fingerprint density at radius 3 is 2.65 bits per heavy atom. The van der Waals surface area contributed by atoms with Crippen LogP contribution in [-0.4, -0.2) is 45.6 Å². The molecular weight excluding hydrogens is 454 g/mol. The summed E-state index contributed by atoms with van der Waals surface area (Å²) >= 11 is 1.34. The summed E-state index contributed by atoms with van der Waals surface area (Å²) in [5, 5.41) is 8.99. The van der Waals surface area contributed by atoms with Crippen LogP contribution in [0.4, 0.5) is 15.6 Å². The van der Waals surface area contributed by atoms with E-state index in [1.54, 1.807) is 4.90 Å². The van der Waals surface area contributed by atoms with Gasteiger partial charge in [0.25, 0.3) is 5.91 Å². The zero-order valence-electron chi connectivity index (χ0n) is 20.1. The highest BCUT2D eigenvalue weighted by atomic mass is 32.1. The highest BCUT2D eigenvalue weighted by Gasteiger charge is 2.30. The summed E-state index contributed by atoms with van der Waals surface area (Å²) in [6, 6.07) is 5.80. The Hall–Kier alpha value is -3.27. The minimum absolute atomic E-state index is 0.141. The third kappa shape index (κ3) is 5.27. The Bertz CT molecular complexity index is 1180. The number of nitrogens with zero attached hydrogens (tertiary/aromatic N) is 4. The number of hydrogen-bond donors (Lipinski definition) is 1. The van der Waals surface area contributed by atoms with Gasteiger partial charge in [0.05, 0.1) is 17.9 Å². The van der Waals surface area contributed by atoms with Crippen molar-refractivity contribution in [1.29, 1.82) is 0 Å². The van der Waals surface area contributed by atoms with E-state index < -0.39 is 5.60 Å². The second-order valence-corrected chi connectivity index (χ2v) is 10.6. The van der Waals surface area contributed by atoms with Gasteiger partial charge >= 0.3 is 6.09 Å². The summed E-state index contributed by atoms with van der Waals surface area (Å²) in [7, 11) is 0. The smallest absolute Gasteiger partial charge is 0.410 e. The molecule has 1 N–H and O–H groups in total. The fraction of sp³-hybridized carbons (Fsp3) is 0.458. The van der Waals surface area contributed by atoms with Gasteiger partial charge in [-0.15, -0.1) is 0 Å². The Kier molecular flexibility index (Phi) is 6.44. The number of hydrogen-bond acceptors (Lipinski definition) is 7. The molecule has 0 unspecified atom stereocenters. The van der Waals surface area contributed by atoms with E-state index in [1.165, 1.54) is 16.3 Å². The summed E-state index contributed by atoms with van der Waals surface area (Å²) in [6.45, 7) is 10.3. The molecule has 0 atom stereocenters. The van der Waals surface area contributed by atoms with Crippen molar-refractivity contribution in [2.45, 2.75) is 66.0 Å². The van der Waals surface area contributed by atoms with Gasteiger partial charge in [0.15, 0.2) is 5.13 Å². The topological polar surface area (TPSA) is 104 Å². The van der Waals surface area contributed by atoms with Crippen LogP contribution >= 0.6 is 11.3 Å². The number of aromatic nitrogens is 1. The normalized spacial score (nSPS) is 16.1. The molecule has 0 saturated carbocycles. The quantitative estimate of drug-likeness (QED) is 0.705. The first-order valence-corrected chi connectivity index (χ1v) is 12.1. The predicted octanol–water partition coefficient (Wildman–Crippen LogP) is 4.17. The fourth-order valence-corrected chi connectivity index (χ4v) is 4.77. The van der Waals surface area contributed by atoms with Crippen molar-refractivity contribution in [3.05, 3.63) is 39.9 Å². The third-order valence-electron chi connectivity index (χ3n) is 5.49. The van der Waals surface area contributed by atoms with E-state index in [1.807, 2.05) is 52.8 Å². The molecule has 3 heterocycles. The van der Waals surface area contributed by atoms with Gasteiger partial charge < -0.3 is 9.64 Å². The number of carbonyl (C=O) groups is 3. The molecule has 2 aliphatic rings. The maximum Gasteiger partial charge on any atom is 0.410 e. The number of ether oxygens (including phenoxy) is 1. The number of fused-ring (bicyclic) bond motifs is 1. The van der Waals surface area contributed by atoms with E-state index in [0.29, 0.717) is 30.3 Å². The highest BCUT2D eigenvalue weighted by Crippen LogP contribution is 2.30. The van der Waals surface area contributed by atoms with Crippen molar-refractivity contribution >= 4 is 45.8 Å². The average Bonchev–Trinajstić information content (AvgIpc) is 3.16. The van der Waals surface area contributed by atoms with Gasteiger partial charge in [-0.25, -0.2) is 14.8 Å². The molecule has 34 heavy (non-hydrogen) atoms. The van der Waals surface area contributed by atoms with Crippen molar-refractivity contribution in [3.8, 4) is 0 Å². The van der Waals surface area contributed by atoms with Crippen LogP contribution in [0.3, 0.4) is 0 Å². The Morgan fingerprint density at radius 2 is 1.91 bits per heavy atom. The lowest BCUT2D eigenvalue weighted by molar-refractivity contribution is -0.118. The second kappa shape index (κ2) is 9.17. The highest BCUT2D eigenvalue weighted by molar-refractivity contribution is 7.16. The van der Waals surface area contributed by atoms with Gasteiger partial charge in [-0.2, -0.15) is 5.10 Å². The minimum atomic E-state index is -0.558. The number of anilines is 2. The zero-order chi connectivity index (χ0) is 24.6. The first-order chi connectivity index (χ1) is 16.0. The van der Waals surface area contributed by atoms with Crippen molar-refractivity contribution in [1.82, 2.24) is 9.88 Å². The number of nitrogens with one attached hydrogen (secondary N) is 1. The summed E-state index contributed by atoms with van der Waals surface area (Å²) < 4.78 is 5.47. The zero-order valence-corrected chi connectivity index (χ0v) is 20.9. The number of hydrazone groups is 1. The van der Waals surface area contributed by atoms with Crippen molar-refractivity contribution in [2.75, 3.05) is 16.9 Å². The Morgan fingerprint density at radius 1 is 1.15 bits per heavy atom. The molecule has 4 rings (SSSR count). The third-order valence-corrected chi connectivity index (χ3v) is 6.49. The number of aryl methyl sites for hydroxylation is 2. The molecule has 10 heteroatoms. The second-order valence-electron chi connectivity index (χ2n) is 9.54. The molecule has 0 radical (unpaired) electrons. The summed E-state index contributed by atoms with van der Waals surface area (Å²) in [6.07, 6.45) is 0.712. The Balaban J connectivity index is 1.47. The van der Waals surface area contributed by atoms with Crippen molar-refractivity contribution in [2.24, 2.45) is 5.10 Å². The average molecular weight is 484 g/mol. The van der Waals surface area contributed by atoms with E-state index in [4.69, 9.17) is 4.74 Å². The standard InChI is InChI=1S/C24H29N5O4S/c1-14-6-7-15(2)18(12-14)29-20(30)9-8-17(27-29)21(31)26-22-25-16-10-11-28(13-19(16)34-22)23(32)33-24(3,4)5/h6-7,12H,8-11,13H2,1-5H3,(H,25,26,31). The van der Waals surface area contributed by atoms with Crippen molar-refractivity contribution in [3.63, 3.8) is 0 Å². The predicted molar refractivity (Wildman–Crippen MR) is 131 cm³/mol. The summed E-state index contributed by atoms with van der Waals surface area (Å²) in [4.78, 5) is 45.0. The molecule has 0 fully saturated rings. The van der Waals surface area contributed by atoms with Crippen molar-refractivity contribution < 1.29 is 19.1 Å². The van der Waals surface area contributed by atoms with Crippen LogP contribution in [0, 0.1) is 13.8 Å². The molecule has 0 aliphatic carbocycles. The number of carbonyl (C=O) groups excluding carboxylic acids is 3. The van der Waals surface area contributed by atoms with Crippen LogP contribution in [0.15, 0.2) is 23.3 Å². The first kappa shape index (κ1) is 23.9. The van der Waals surface area contributed by atoms with E-state index >= 15 is 0 Å². The maximum atomic E-state index is 12.9. The van der Waals surface area contributed by atoms with Gasteiger partial charge in [-0.05, 0) is 51.8 Å². The van der Waals surface area contributed by atoms with E-state index in [2.05, 4.69) is 15.4 Å². The summed E-state index contributed by atoms with van der Waals surface area (Å²) in [5.41, 5.74) is 3.20. The number of amides is 3. The maximum absolute atomic E-state index is 12.9. The molecule has 2 aliphatic heterocycles. The van der Waals surface area contributed by atoms with Crippen LogP contribution in [0.5, 0.6) is 0 Å². The molecule has 0 saturated heterocycles. The van der Waals surface area contributed by atoms with Gasteiger partial charge in [0.1, 0.15) is 11.3 Å². The number of thiazole rings is 1. The van der Waals surface area contributed by atoms with E-state index in [9.17, 15) is 14.4 Å². The number of benzene rings is 1. The number of rotatable bonds is 3. The first-order valence-electron chi connectivity index (χ1n) is 11.3. The van der Waals surface area contributed by atoms with Crippen LogP contribution in [-0.2, 0) is 27.3 Å². The minimum Gasteiger partial charge on any atom is -0.444 e. The van der Waals surface area contributed by atoms with Crippen LogP contribution < -0.4 is 10.3 Å². The molecule has 3 amide bonds. The lowest BCUT2D eigenvalue weighted by Crippen LogP contribution is -2.39. The fourth-order valence-electron chi connectivity index (χ4n) is 3.75. The molecular formula is C24H29N5O4S. The van der Waals surface area contributed by atoms with Gasteiger partial charge in [-0.3, -0.25) is 14.9 Å². The molecule has 1 aromatic carbocycles. The van der Waals surface area contributed by atoms with Crippen LogP contribution in [0.2, 0.25) is 0 Å². The molecule has 0 spiro atoms. The van der Waals surface area contributed by atoms with Gasteiger partial charge in [0, 0.05) is 30.7 Å². The van der Waals surface area contributed by atoms with Crippen LogP contribution in [0.25, 0.3) is 0 Å². The molecule has 180 valence electrons. The largest absolute Gasteiger partial charge is 0.444 e. The summed E-state index contributed by atoms with van der Waals surface area (Å²) in [5.74, 6) is -0.518. The van der Waals surface area contributed by atoms with E-state index in [-0.39, 0.29) is 36.5 Å². The lowest BCUT2D eigenvalue weighted by atomic mass is 10.1. The Labute approximate surface area is 202 Å². The lowest BCUT2D eigenvalue weighted by Gasteiger charge is -2.29. The van der Waals surface area contributed by atoms with Gasteiger partial charge in [-0.1, -0.05) is 23.5 Å². The SMILES string of the molecule is Cc1ccc(C)c(N2N=C(C(=O)Nc3nc4c(s3)CN(C(=O)OC(C)(C)C)CC4)CCC2=O)c1. The molecule has 0 bridgehead atoms.